The molecule has 0 rings (SSSR count). The zero-order valence-electron chi connectivity index (χ0n) is 5.94. The summed E-state index contributed by atoms with van der Waals surface area (Å²) in [6, 6.07) is 0. The Hall–Kier alpha value is -0.970. The van der Waals surface area contributed by atoms with Gasteiger partial charge in [0.1, 0.15) is 0 Å². The SMILES string of the molecule is C=CC(C)(CC)NC#N. The maximum Gasteiger partial charge on any atom is 0.177 e. The van der Waals surface area contributed by atoms with Gasteiger partial charge in [0.25, 0.3) is 0 Å². The van der Waals surface area contributed by atoms with E-state index in [1.807, 2.05) is 20.0 Å². The molecule has 0 saturated heterocycles. The first-order valence-corrected chi connectivity index (χ1v) is 2.98. The second kappa shape index (κ2) is 3.13. The molecular formula is C7H12N2. The summed E-state index contributed by atoms with van der Waals surface area (Å²) in [5, 5.41) is 10.9. The van der Waals surface area contributed by atoms with Crippen molar-refractivity contribution in [1.29, 1.82) is 5.26 Å². The molecule has 1 unspecified atom stereocenters. The Labute approximate surface area is 56.2 Å². The quantitative estimate of drug-likeness (QED) is 0.351. The summed E-state index contributed by atoms with van der Waals surface area (Å²) < 4.78 is 0. The smallest absolute Gasteiger partial charge is 0.177 e. The molecule has 0 spiro atoms. The molecule has 0 amide bonds. The minimum Gasteiger partial charge on any atom is -0.314 e. The van der Waals surface area contributed by atoms with Gasteiger partial charge < -0.3 is 5.32 Å². The largest absolute Gasteiger partial charge is 0.314 e. The molecule has 0 saturated carbocycles. The molecule has 0 aliphatic rings. The second-order valence-electron chi connectivity index (χ2n) is 2.21. The Morgan fingerprint density at radius 3 is 2.56 bits per heavy atom. The molecule has 2 nitrogen and oxygen atoms in total. The van der Waals surface area contributed by atoms with Crippen molar-refractivity contribution in [3.8, 4) is 6.19 Å². The van der Waals surface area contributed by atoms with Crippen LogP contribution in [0.3, 0.4) is 0 Å². The molecule has 0 fully saturated rings. The monoisotopic (exact) mass is 124 g/mol. The number of nitriles is 1. The van der Waals surface area contributed by atoms with Crippen LogP contribution in [0.25, 0.3) is 0 Å². The summed E-state index contributed by atoms with van der Waals surface area (Å²) in [6.45, 7) is 7.55. The second-order valence-corrected chi connectivity index (χ2v) is 2.21. The van der Waals surface area contributed by atoms with E-state index in [1.54, 1.807) is 6.08 Å². The third kappa shape index (κ3) is 2.18. The van der Waals surface area contributed by atoms with Crippen molar-refractivity contribution in [2.45, 2.75) is 25.8 Å². The van der Waals surface area contributed by atoms with E-state index in [1.165, 1.54) is 0 Å². The zero-order chi connectivity index (χ0) is 7.33. The Balaban J connectivity index is 3.95. The molecule has 0 heterocycles. The summed E-state index contributed by atoms with van der Waals surface area (Å²) in [5.41, 5.74) is -0.214. The molecule has 1 N–H and O–H groups in total. The van der Waals surface area contributed by atoms with E-state index < -0.39 is 0 Å². The summed E-state index contributed by atoms with van der Waals surface area (Å²) >= 11 is 0. The fraction of sp³-hybridized carbons (Fsp3) is 0.571. The molecule has 0 aromatic heterocycles. The van der Waals surface area contributed by atoms with E-state index in [-0.39, 0.29) is 5.54 Å². The van der Waals surface area contributed by atoms with Gasteiger partial charge in [0.05, 0.1) is 5.54 Å². The van der Waals surface area contributed by atoms with Crippen LogP contribution in [0.15, 0.2) is 12.7 Å². The van der Waals surface area contributed by atoms with Crippen molar-refractivity contribution in [2.24, 2.45) is 0 Å². The van der Waals surface area contributed by atoms with E-state index in [0.717, 1.165) is 6.42 Å². The molecule has 1 atom stereocenters. The first kappa shape index (κ1) is 8.03. The van der Waals surface area contributed by atoms with Crippen LogP contribution >= 0.6 is 0 Å². The van der Waals surface area contributed by atoms with Crippen LogP contribution in [-0.4, -0.2) is 5.54 Å². The summed E-state index contributed by atoms with van der Waals surface area (Å²) in [7, 11) is 0. The van der Waals surface area contributed by atoms with Gasteiger partial charge in [-0.15, -0.1) is 6.58 Å². The molecule has 9 heavy (non-hydrogen) atoms. The molecule has 0 bridgehead atoms. The van der Waals surface area contributed by atoms with Crippen molar-refractivity contribution >= 4 is 0 Å². The summed E-state index contributed by atoms with van der Waals surface area (Å²) in [5.74, 6) is 0. The predicted octanol–water partition coefficient (Wildman–Crippen LogP) is 1.41. The van der Waals surface area contributed by atoms with Gasteiger partial charge in [0, 0.05) is 0 Å². The normalized spacial score (nSPS) is 15.2. The molecule has 2 heteroatoms. The minimum atomic E-state index is -0.214. The van der Waals surface area contributed by atoms with Gasteiger partial charge in [-0.05, 0) is 13.3 Å². The Bertz CT molecular complexity index is 134. The highest BCUT2D eigenvalue weighted by molar-refractivity contribution is 5.01. The van der Waals surface area contributed by atoms with Gasteiger partial charge in [-0.1, -0.05) is 13.0 Å². The zero-order valence-corrected chi connectivity index (χ0v) is 5.94. The van der Waals surface area contributed by atoms with Gasteiger partial charge in [-0.25, -0.2) is 0 Å². The van der Waals surface area contributed by atoms with Crippen molar-refractivity contribution in [1.82, 2.24) is 5.32 Å². The van der Waals surface area contributed by atoms with Crippen molar-refractivity contribution in [3.63, 3.8) is 0 Å². The number of hydrogen-bond acceptors (Lipinski definition) is 2. The standard InChI is InChI=1S/C7H12N2/c1-4-7(3,5-2)9-6-8/h4,9H,1,5H2,2-3H3. The molecule has 50 valence electrons. The number of nitrogens with one attached hydrogen (secondary N) is 1. The molecule has 0 radical (unpaired) electrons. The van der Waals surface area contributed by atoms with E-state index in [0.29, 0.717) is 0 Å². The topological polar surface area (TPSA) is 35.8 Å². The van der Waals surface area contributed by atoms with Crippen LogP contribution in [0.5, 0.6) is 0 Å². The maximum atomic E-state index is 8.26. The average Bonchev–Trinajstić information content (AvgIpc) is 1.89. The van der Waals surface area contributed by atoms with Crippen LogP contribution in [0, 0.1) is 11.5 Å². The van der Waals surface area contributed by atoms with Crippen LogP contribution < -0.4 is 5.32 Å². The van der Waals surface area contributed by atoms with Crippen LogP contribution in [-0.2, 0) is 0 Å². The lowest BCUT2D eigenvalue weighted by Gasteiger charge is -2.20. The number of nitrogens with zero attached hydrogens (tertiary/aromatic N) is 1. The van der Waals surface area contributed by atoms with Crippen LogP contribution in [0.4, 0.5) is 0 Å². The van der Waals surface area contributed by atoms with E-state index >= 15 is 0 Å². The van der Waals surface area contributed by atoms with Crippen molar-refractivity contribution in [2.75, 3.05) is 0 Å². The minimum absolute atomic E-state index is 0.214. The maximum absolute atomic E-state index is 8.26. The summed E-state index contributed by atoms with van der Waals surface area (Å²) in [6.07, 6.45) is 4.51. The van der Waals surface area contributed by atoms with E-state index in [2.05, 4.69) is 11.9 Å². The number of hydrogen-bond donors (Lipinski definition) is 1. The lowest BCUT2D eigenvalue weighted by molar-refractivity contribution is 0.492. The molecule has 0 aromatic rings. The fourth-order valence-electron chi connectivity index (χ4n) is 0.411. The van der Waals surface area contributed by atoms with Crippen LogP contribution in [0.1, 0.15) is 20.3 Å². The third-order valence-electron chi connectivity index (χ3n) is 1.53. The fourth-order valence-corrected chi connectivity index (χ4v) is 0.411. The Kier molecular flexibility index (Phi) is 2.80. The molecule has 0 aliphatic carbocycles. The van der Waals surface area contributed by atoms with Crippen molar-refractivity contribution < 1.29 is 0 Å². The Morgan fingerprint density at radius 2 is 2.44 bits per heavy atom. The summed E-state index contributed by atoms with van der Waals surface area (Å²) in [4.78, 5) is 0. The van der Waals surface area contributed by atoms with Gasteiger partial charge in [-0.3, -0.25) is 0 Å². The number of rotatable bonds is 3. The van der Waals surface area contributed by atoms with E-state index in [4.69, 9.17) is 5.26 Å². The van der Waals surface area contributed by atoms with Gasteiger partial charge in [0.15, 0.2) is 6.19 Å². The van der Waals surface area contributed by atoms with Gasteiger partial charge >= 0.3 is 0 Å². The highest BCUT2D eigenvalue weighted by atomic mass is 14.9. The first-order chi connectivity index (χ1) is 4.18. The highest BCUT2D eigenvalue weighted by Gasteiger charge is 2.14. The lowest BCUT2D eigenvalue weighted by atomic mass is 10.0. The predicted molar refractivity (Wildman–Crippen MR) is 37.6 cm³/mol. The van der Waals surface area contributed by atoms with Gasteiger partial charge in [0.2, 0.25) is 0 Å². The molecule has 0 aliphatic heterocycles. The lowest BCUT2D eigenvalue weighted by Crippen LogP contribution is -2.35. The first-order valence-electron chi connectivity index (χ1n) is 2.98. The molecule has 0 aromatic carbocycles. The third-order valence-corrected chi connectivity index (χ3v) is 1.53. The van der Waals surface area contributed by atoms with Gasteiger partial charge in [-0.2, -0.15) is 5.26 Å². The van der Waals surface area contributed by atoms with E-state index in [9.17, 15) is 0 Å². The highest BCUT2D eigenvalue weighted by Crippen LogP contribution is 2.07. The molecular weight excluding hydrogens is 112 g/mol. The van der Waals surface area contributed by atoms with Crippen molar-refractivity contribution in [3.05, 3.63) is 12.7 Å². The Morgan fingerprint density at radius 1 is 1.89 bits per heavy atom. The van der Waals surface area contributed by atoms with Crippen LogP contribution in [0.2, 0.25) is 0 Å². The average molecular weight is 124 g/mol.